The van der Waals surface area contributed by atoms with Crippen molar-refractivity contribution in [3.8, 4) is 0 Å². The second-order valence-corrected chi connectivity index (χ2v) is 4.38. The molecule has 1 saturated heterocycles. The highest BCUT2D eigenvalue weighted by Gasteiger charge is 2.34. The first-order valence-corrected chi connectivity index (χ1v) is 6.01. The van der Waals surface area contributed by atoms with Gasteiger partial charge in [-0.1, -0.05) is 0 Å². The summed E-state index contributed by atoms with van der Waals surface area (Å²) in [4.78, 5) is 12.1. The number of methoxy groups -OCH3 is 1. The van der Waals surface area contributed by atoms with Crippen LogP contribution >= 0.6 is 11.6 Å². The standard InChI is InChI=1S/C10H16ClN5O2/c1-12-8-14-7(11)15-9(16-8)13-5-10(17-2)3-4-18-6-10/h3-6H2,1-2H3,(H2,12,13,14,15,16). The summed E-state index contributed by atoms with van der Waals surface area (Å²) in [6.45, 7) is 1.83. The van der Waals surface area contributed by atoms with E-state index in [0.29, 0.717) is 31.7 Å². The number of rotatable bonds is 5. The molecule has 1 fully saturated rings. The van der Waals surface area contributed by atoms with Crippen molar-refractivity contribution in [3.63, 3.8) is 0 Å². The summed E-state index contributed by atoms with van der Waals surface area (Å²) < 4.78 is 10.9. The number of ether oxygens (including phenoxy) is 2. The van der Waals surface area contributed by atoms with Gasteiger partial charge in [0.1, 0.15) is 5.60 Å². The van der Waals surface area contributed by atoms with Crippen LogP contribution in [0.15, 0.2) is 0 Å². The maximum absolute atomic E-state index is 5.79. The van der Waals surface area contributed by atoms with E-state index in [1.54, 1.807) is 14.2 Å². The number of hydrogen-bond donors (Lipinski definition) is 2. The van der Waals surface area contributed by atoms with Crippen molar-refractivity contribution < 1.29 is 9.47 Å². The minimum absolute atomic E-state index is 0.144. The zero-order valence-electron chi connectivity index (χ0n) is 10.4. The van der Waals surface area contributed by atoms with E-state index in [1.165, 1.54) is 0 Å². The predicted octanol–water partition coefficient (Wildman–Crippen LogP) is 0.784. The van der Waals surface area contributed by atoms with Gasteiger partial charge in [0, 0.05) is 33.7 Å². The highest BCUT2D eigenvalue weighted by atomic mass is 35.5. The molecule has 0 aliphatic carbocycles. The Kier molecular flexibility index (Phi) is 4.15. The minimum atomic E-state index is -0.321. The summed E-state index contributed by atoms with van der Waals surface area (Å²) in [5.74, 6) is 0.842. The van der Waals surface area contributed by atoms with Crippen LogP contribution in [0.3, 0.4) is 0 Å². The van der Waals surface area contributed by atoms with Crippen molar-refractivity contribution in [1.82, 2.24) is 15.0 Å². The van der Waals surface area contributed by atoms with Gasteiger partial charge in [-0.2, -0.15) is 15.0 Å². The van der Waals surface area contributed by atoms with Gasteiger partial charge in [-0.05, 0) is 11.6 Å². The van der Waals surface area contributed by atoms with Gasteiger partial charge in [-0.15, -0.1) is 0 Å². The lowest BCUT2D eigenvalue weighted by atomic mass is 10.0. The maximum Gasteiger partial charge on any atom is 0.228 e. The average Bonchev–Trinajstić information content (AvgIpc) is 2.85. The molecule has 1 aliphatic heterocycles. The molecule has 2 N–H and O–H groups in total. The normalized spacial score (nSPS) is 23.1. The van der Waals surface area contributed by atoms with Crippen LogP contribution in [0.5, 0.6) is 0 Å². The van der Waals surface area contributed by atoms with Gasteiger partial charge in [-0.25, -0.2) is 0 Å². The predicted molar refractivity (Wildman–Crippen MR) is 68.0 cm³/mol. The summed E-state index contributed by atoms with van der Waals surface area (Å²) in [7, 11) is 3.40. The Bertz CT molecular complexity index is 411. The molecule has 0 amide bonds. The summed E-state index contributed by atoms with van der Waals surface area (Å²) in [5, 5.41) is 6.06. The van der Waals surface area contributed by atoms with E-state index < -0.39 is 0 Å². The molecular formula is C10H16ClN5O2. The van der Waals surface area contributed by atoms with Crippen molar-refractivity contribution in [2.24, 2.45) is 0 Å². The lowest BCUT2D eigenvalue weighted by molar-refractivity contribution is -0.00631. The first kappa shape index (κ1) is 13.3. The van der Waals surface area contributed by atoms with E-state index in [-0.39, 0.29) is 10.9 Å². The summed E-state index contributed by atoms with van der Waals surface area (Å²) >= 11 is 5.79. The fourth-order valence-electron chi connectivity index (χ4n) is 1.74. The van der Waals surface area contributed by atoms with Crippen LogP contribution in [-0.4, -0.2) is 54.5 Å². The van der Waals surface area contributed by atoms with Crippen LogP contribution in [0.4, 0.5) is 11.9 Å². The lowest BCUT2D eigenvalue weighted by Crippen LogP contribution is -2.40. The zero-order chi connectivity index (χ0) is 13.0. The molecule has 1 aromatic heterocycles. The summed E-state index contributed by atoms with van der Waals surface area (Å²) in [6, 6.07) is 0. The molecule has 1 aromatic rings. The average molecular weight is 274 g/mol. The van der Waals surface area contributed by atoms with Gasteiger partial charge in [0.15, 0.2) is 0 Å². The molecule has 0 radical (unpaired) electrons. The third-order valence-electron chi connectivity index (χ3n) is 2.90. The van der Waals surface area contributed by atoms with Gasteiger partial charge in [0.2, 0.25) is 17.2 Å². The Morgan fingerprint density at radius 2 is 2.17 bits per heavy atom. The Labute approximate surface area is 110 Å². The van der Waals surface area contributed by atoms with Gasteiger partial charge >= 0.3 is 0 Å². The van der Waals surface area contributed by atoms with Crippen molar-refractivity contribution in [1.29, 1.82) is 0 Å². The van der Waals surface area contributed by atoms with Gasteiger partial charge in [0.05, 0.1) is 6.61 Å². The van der Waals surface area contributed by atoms with Crippen LogP contribution in [0.25, 0.3) is 0 Å². The van der Waals surface area contributed by atoms with E-state index in [4.69, 9.17) is 21.1 Å². The molecule has 8 heteroatoms. The second kappa shape index (κ2) is 5.64. The molecule has 1 atom stereocenters. The van der Waals surface area contributed by atoms with Crippen molar-refractivity contribution in [2.45, 2.75) is 12.0 Å². The maximum atomic E-state index is 5.79. The minimum Gasteiger partial charge on any atom is -0.378 e. The van der Waals surface area contributed by atoms with Gasteiger partial charge < -0.3 is 20.1 Å². The second-order valence-electron chi connectivity index (χ2n) is 4.04. The number of aromatic nitrogens is 3. The topological polar surface area (TPSA) is 81.2 Å². The lowest BCUT2D eigenvalue weighted by Gasteiger charge is -2.25. The fraction of sp³-hybridized carbons (Fsp3) is 0.700. The first-order chi connectivity index (χ1) is 8.67. The molecule has 2 rings (SSSR count). The van der Waals surface area contributed by atoms with Crippen LogP contribution in [0, 0.1) is 0 Å². The summed E-state index contributed by atoms with van der Waals surface area (Å²) in [6.07, 6.45) is 0.841. The molecule has 7 nitrogen and oxygen atoms in total. The Morgan fingerprint density at radius 1 is 1.39 bits per heavy atom. The molecule has 0 bridgehead atoms. The molecule has 1 aliphatic rings. The summed E-state index contributed by atoms with van der Waals surface area (Å²) in [5.41, 5.74) is -0.321. The van der Waals surface area contributed by atoms with Crippen LogP contribution < -0.4 is 10.6 Å². The Morgan fingerprint density at radius 3 is 2.78 bits per heavy atom. The molecular weight excluding hydrogens is 258 g/mol. The van der Waals surface area contributed by atoms with E-state index in [9.17, 15) is 0 Å². The molecule has 100 valence electrons. The van der Waals surface area contributed by atoms with Crippen LogP contribution in [-0.2, 0) is 9.47 Å². The molecule has 1 unspecified atom stereocenters. The number of nitrogens with zero attached hydrogens (tertiary/aromatic N) is 3. The smallest absolute Gasteiger partial charge is 0.228 e. The molecule has 0 aromatic carbocycles. The zero-order valence-corrected chi connectivity index (χ0v) is 11.1. The Hall–Kier alpha value is -1.18. The van der Waals surface area contributed by atoms with Crippen molar-refractivity contribution in [3.05, 3.63) is 5.28 Å². The monoisotopic (exact) mass is 273 g/mol. The highest BCUT2D eigenvalue weighted by Crippen LogP contribution is 2.22. The number of anilines is 2. The molecule has 0 saturated carbocycles. The quantitative estimate of drug-likeness (QED) is 0.821. The van der Waals surface area contributed by atoms with Crippen molar-refractivity contribution >= 4 is 23.5 Å². The van der Waals surface area contributed by atoms with E-state index in [1.807, 2.05) is 0 Å². The molecule has 0 spiro atoms. The number of hydrogen-bond acceptors (Lipinski definition) is 7. The van der Waals surface area contributed by atoms with Gasteiger partial charge in [0.25, 0.3) is 0 Å². The van der Waals surface area contributed by atoms with E-state index in [0.717, 1.165) is 6.42 Å². The SMILES string of the molecule is CNc1nc(Cl)nc(NCC2(OC)CCOC2)n1. The van der Waals surface area contributed by atoms with Crippen LogP contribution in [0.2, 0.25) is 5.28 Å². The third-order valence-corrected chi connectivity index (χ3v) is 3.07. The first-order valence-electron chi connectivity index (χ1n) is 5.63. The largest absolute Gasteiger partial charge is 0.378 e. The van der Waals surface area contributed by atoms with Crippen LogP contribution in [0.1, 0.15) is 6.42 Å². The van der Waals surface area contributed by atoms with Crippen molar-refractivity contribution in [2.75, 3.05) is 44.5 Å². The Balaban J connectivity index is 2.03. The van der Waals surface area contributed by atoms with E-state index in [2.05, 4.69) is 25.6 Å². The number of nitrogens with one attached hydrogen (secondary N) is 2. The molecule has 18 heavy (non-hydrogen) atoms. The third kappa shape index (κ3) is 2.98. The van der Waals surface area contributed by atoms with Gasteiger partial charge in [-0.3, -0.25) is 0 Å². The molecule has 2 heterocycles. The highest BCUT2D eigenvalue weighted by molar-refractivity contribution is 6.28. The fourth-order valence-corrected chi connectivity index (χ4v) is 1.90. The van der Waals surface area contributed by atoms with E-state index >= 15 is 0 Å². The number of halogens is 1.